The van der Waals surface area contributed by atoms with E-state index < -0.39 is 10.0 Å². The van der Waals surface area contributed by atoms with Crippen LogP contribution in [0.1, 0.15) is 5.56 Å². The summed E-state index contributed by atoms with van der Waals surface area (Å²) < 4.78 is 40.2. The van der Waals surface area contributed by atoms with E-state index >= 15 is 0 Å². The Morgan fingerprint density at radius 3 is 2.83 bits per heavy atom. The number of nitrogens with one attached hydrogen (secondary N) is 1. The van der Waals surface area contributed by atoms with Crippen LogP contribution in [-0.2, 0) is 16.6 Å². The molecule has 3 aromatic rings. The average molecular weight is 345 g/mol. The molecule has 1 aliphatic rings. The Morgan fingerprint density at radius 2 is 1.96 bits per heavy atom. The first-order valence-corrected chi connectivity index (χ1v) is 8.92. The van der Waals surface area contributed by atoms with E-state index in [1.54, 1.807) is 16.8 Å². The molecule has 24 heavy (non-hydrogen) atoms. The number of pyridine rings is 1. The summed E-state index contributed by atoms with van der Waals surface area (Å²) in [5.74, 6) is 1.00. The summed E-state index contributed by atoms with van der Waals surface area (Å²) in [6.07, 6.45) is 3.47. The monoisotopic (exact) mass is 345 g/mol. The first kappa shape index (κ1) is 15.0. The molecule has 1 aliphatic heterocycles. The van der Waals surface area contributed by atoms with Gasteiger partial charge in [0.25, 0.3) is 0 Å². The van der Waals surface area contributed by atoms with Gasteiger partial charge in [-0.1, -0.05) is 6.07 Å². The molecule has 0 aliphatic carbocycles. The van der Waals surface area contributed by atoms with Crippen molar-refractivity contribution in [3.05, 3.63) is 54.4 Å². The molecule has 0 bridgehead atoms. The molecule has 1 N–H and O–H groups in total. The number of hydrogen-bond acceptors (Lipinski definition) is 5. The Balaban J connectivity index is 1.57. The predicted molar refractivity (Wildman–Crippen MR) is 86.6 cm³/mol. The van der Waals surface area contributed by atoms with E-state index in [1.165, 1.54) is 12.1 Å². The van der Waals surface area contributed by atoms with E-state index in [2.05, 4.69) is 9.82 Å². The van der Waals surface area contributed by atoms with Crippen LogP contribution < -0.4 is 14.2 Å². The number of rotatable bonds is 4. The molecule has 1 aromatic carbocycles. The lowest BCUT2D eigenvalue weighted by atomic mass is 10.3. The second-order valence-electron chi connectivity index (χ2n) is 5.33. The number of sulfonamides is 1. The number of benzene rings is 1. The van der Waals surface area contributed by atoms with Gasteiger partial charge in [-0.05, 0) is 24.3 Å². The summed E-state index contributed by atoms with van der Waals surface area (Å²) >= 11 is 0. The lowest BCUT2D eigenvalue weighted by Crippen LogP contribution is -2.23. The molecule has 3 heterocycles. The Morgan fingerprint density at radius 1 is 1.12 bits per heavy atom. The van der Waals surface area contributed by atoms with Crippen LogP contribution in [0.3, 0.4) is 0 Å². The van der Waals surface area contributed by atoms with Gasteiger partial charge in [0.15, 0.2) is 11.5 Å². The van der Waals surface area contributed by atoms with Crippen molar-refractivity contribution in [2.24, 2.45) is 0 Å². The van der Waals surface area contributed by atoms with Crippen LogP contribution >= 0.6 is 0 Å². The lowest BCUT2D eigenvalue weighted by molar-refractivity contribution is 0.171. The predicted octanol–water partition coefficient (Wildman–Crippen LogP) is 1.58. The second kappa shape index (κ2) is 5.81. The van der Waals surface area contributed by atoms with Crippen LogP contribution in [0.15, 0.2) is 53.7 Å². The maximum atomic E-state index is 12.5. The first-order chi connectivity index (χ1) is 11.6. The van der Waals surface area contributed by atoms with Crippen molar-refractivity contribution < 1.29 is 17.9 Å². The van der Waals surface area contributed by atoms with Crippen LogP contribution in [0.2, 0.25) is 0 Å². The van der Waals surface area contributed by atoms with Gasteiger partial charge in [0.1, 0.15) is 13.2 Å². The highest BCUT2D eigenvalue weighted by Crippen LogP contribution is 2.32. The molecule has 2 aromatic heterocycles. The molecule has 0 saturated carbocycles. The summed E-state index contributed by atoms with van der Waals surface area (Å²) in [5, 5.41) is 4.20. The Kier molecular flexibility index (Phi) is 3.62. The molecule has 0 saturated heterocycles. The summed E-state index contributed by atoms with van der Waals surface area (Å²) in [6, 6.07) is 10.2. The minimum Gasteiger partial charge on any atom is -0.486 e. The minimum absolute atomic E-state index is 0.142. The zero-order chi connectivity index (χ0) is 16.6. The quantitative estimate of drug-likeness (QED) is 0.776. The fraction of sp³-hybridized carbons (Fsp3) is 0.188. The average Bonchev–Trinajstić information content (AvgIpc) is 3.03. The normalized spacial score (nSPS) is 14.0. The van der Waals surface area contributed by atoms with Gasteiger partial charge in [-0.25, -0.2) is 17.7 Å². The summed E-state index contributed by atoms with van der Waals surface area (Å²) in [4.78, 5) is 0.142. The van der Waals surface area contributed by atoms with Crippen molar-refractivity contribution in [1.82, 2.24) is 14.3 Å². The molecule has 0 atom stereocenters. The smallest absolute Gasteiger partial charge is 0.241 e. The van der Waals surface area contributed by atoms with E-state index in [0.717, 1.165) is 11.1 Å². The van der Waals surface area contributed by atoms with Gasteiger partial charge in [-0.2, -0.15) is 5.10 Å². The molecular formula is C16H15N3O4S. The molecule has 0 amide bonds. The highest BCUT2D eigenvalue weighted by molar-refractivity contribution is 7.89. The first-order valence-electron chi connectivity index (χ1n) is 7.44. The van der Waals surface area contributed by atoms with E-state index in [-0.39, 0.29) is 11.4 Å². The highest BCUT2D eigenvalue weighted by Gasteiger charge is 2.19. The molecular weight excluding hydrogens is 330 g/mol. The summed E-state index contributed by atoms with van der Waals surface area (Å²) in [7, 11) is -3.66. The Labute approximate surface area is 138 Å². The molecule has 8 heteroatoms. The molecule has 124 valence electrons. The van der Waals surface area contributed by atoms with Crippen molar-refractivity contribution in [3.63, 3.8) is 0 Å². The van der Waals surface area contributed by atoms with Gasteiger partial charge < -0.3 is 9.47 Å². The van der Waals surface area contributed by atoms with Crippen molar-refractivity contribution in [1.29, 1.82) is 0 Å². The zero-order valence-corrected chi connectivity index (χ0v) is 13.5. The van der Waals surface area contributed by atoms with Crippen LogP contribution in [0, 0.1) is 0 Å². The van der Waals surface area contributed by atoms with Gasteiger partial charge >= 0.3 is 0 Å². The fourth-order valence-corrected chi connectivity index (χ4v) is 3.59. The van der Waals surface area contributed by atoms with E-state index in [1.807, 2.05) is 24.4 Å². The maximum absolute atomic E-state index is 12.5. The van der Waals surface area contributed by atoms with Crippen molar-refractivity contribution in [3.8, 4) is 11.5 Å². The largest absolute Gasteiger partial charge is 0.486 e. The topological polar surface area (TPSA) is 81.9 Å². The van der Waals surface area contributed by atoms with Crippen LogP contribution in [0.5, 0.6) is 11.5 Å². The van der Waals surface area contributed by atoms with Crippen molar-refractivity contribution in [2.75, 3.05) is 13.2 Å². The van der Waals surface area contributed by atoms with Gasteiger partial charge in [-0.3, -0.25) is 0 Å². The van der Waals surface area contributed by atoms with Crippen molar-refractivity contribution in [2.45, 2.75) is 11.4 Å². The van der Waals surface area contributed by atoms with E-state index in [4.69, 9.17) is 9.47 Å². The molecule has 0 fully saturated rings. The number of aromatic nitrogens is 2. The third-order valence-corrected chi connectivity index (χ3v) is 5.18. The van der Waals surface area contributed by atoms with Crippen LogP contribution in [0.25, 0.3) is 5.52 Å². The molecule has 0 unspecified atom stereocenters. The second-order valence-corrected chi connectivity index (χ2v) is 7.10. The highest BCUT2D eigenvalue weighted by atomic mass is 32.2. The van der Waals surface area contributed by atoms with Crippen LogP contribution in [0.4, 0.5) is 0 Å². The SMILES string of the molecule is O=S(=O)(NCc1cnn2ccccc12)c1ccc2c(c1)OCCO2. The van der Waals surface area contributed by atoms with Crippen LogP contribution in [-0.4, -0.2) is 31.2 Å². The summed E-state index contributed by atoms with van der Waals surface area (Å²) in [5.41, 5.74) is 1.67. The van der Waals surface area contributed by atoms with E-state index in [9.17, 15) is 8.42 Å². The van der Waals surface area contributed by atoms with Gasteiger partial charge in [-0.15, -0.1) is 0 Å². The summed E-state index contributed by atoms with van der Waals surface area (Å²) in [6.45, 7) is 1.03. The number of nitrogens with zero attached hydrogens (tertiary/aromatic N) is 2. The van der Waals surface area contributed by atoms with E-state index in [0.29, 0.717) is 24.7 Å². The third-order valence-electron chi connectivity index (χ3n) is 3.78. The maximum Gasteiger partial charge on any atom is 0.241 e. The molecule has 7 nitrogen and oxygen atoms in total. The Bertz CT molecular complexity index is 997. The Hall–Kier alpha value is -2.58. The van der Waals surface area contributed by atoms with Gasteiger partial charge in [0.2, 0.25) is 10.0 Å². The van der Waals surface area contributed by atoms with Gasteiger partial charge in [0, 0.05) is 24.4 Å². The lowest BCUT2D eigenvalue weighted by Gasteiger charge is -2.18. The number of fused-ring (bicyclic) bond motifs is 2. The fourth-order valence-electron chi connectivity index (χ4n) is 2.57. The molecule has 4 rings (SSSR count). The number of ether oxygens (including phenoxy) is 2. The van der Waals surface area contributed by atoms with Gasteiger partial charge in [0.05, 0.1) is 16.6 Å². The molecule has 0 radical (unpaired) electrons. The molecule has 0 spiro atoms. The zero-order valence-electron chi connectivity index (χ0n) is 12.7. The standard InChI is InChI=1S/C16H15N3O4S/c20-24(21,13-4-5-15-16(9-13)23-8-7-22-15)18-11-12-10-17-19-6-2-1-3-14(12)19/h1-6,9-10,18H,7-8,11H2. The third kappa shape index (κ3) is 2.70. The number of hydrogen-bond donors (Lipinski definition) is 1. The van der Waals surface area contributed by atoms with Crippen molar-refractivity contribution >= 4 is 15.5 Å². The minimum atomic E-state index is -3.66.